The van der Waals surface area contributed by atoms with Crippen molar-refractivity contribution < 1.29 is 10.2 Å². The molecule has 3 nitrogen and oxygen atoms in total. The molecule has 140 valence electrons. The highest BCUT2D eigenvalue weighted by molar-refractivity contribution is 5.45. The van der Waals surface area contributed by atoms with Gasteiger partial charge in [0.2, 0.25) is 0 Å². The van der Waals surface area contributed by atoms with Crippen LogP contribution in [0.5, 0.6) is 11.5 Å². The topological polar surface area (TPSA) is 64.2 Å². The summed E-state index contributed by atoms with van der Waals surface area (Å²) in [5, 5.41) is 29.2. The lowest BCUT2D eigenvalue weighted by atomic mass is 9.65. The fourth-order valence-electron chi connectivity index (χ4n) is 4.58. The van der Waals surface area contributed by atoms with E-state index in [4.69, 9.17) is 0 Å². The Morgan fingerprint density at radius 1 is 0.964 bits per heavy atom. The van der Waals surface area contributed by atoms with Gasteiger partial charge in [-0.05, 0) is 83.2 Å². The van der Waals surface area contributed by atoms with Crippen LogP contribution in [0.3, 0.4) is 0 Å². The third-order valence-electron chi connectivity index (χ3n) is 6.14. The number of nitrogens with zero attached hydrogens (tertiary/aromatic N) is 1. The first-order valence-corrected chi connectivity index (χ1v) is 9.65. The SMILES string of the molecule is C[C@@H]1[C@@H](c2ccc(O)cc2)Cc2ccc(O)cc2[C@H]1Cc1ccccc1C#N. The molecule has 3 heteroatoms. The second kappa shape index (κ2) is 7.40. The Labute approximate surface area is 165 Å². The predicted octanol–water partition coefficient (Wildman–Crippen LogP) is 5.27. The highest BCUT2D eigenvalue weighted by Crippen LogP contribution is 2.47. The molecule has 1 aliphatic carbocycles. The Bertz CT molecular complexity index is 1030. The van der Waals surface area contributed by atoms with E-state index in [1.54, 1.807) is 18.2 Å². The second-order valence-electron chi connectivity index (χ2n) is 7.72. The van der Waals surface area contributed by atoms with E-state index in [0.29, 0.717) is 17.4 Å². The van der Waals surface area contributed by atoms with Crippen molar-refractivity contribution in [1.82, 2.24) is 0 Å². The molecule has 0 unspecified atom stereocenters. The van der Waals surface area contributed by atoms with Gasteiger partial charge in [-0.1, -0.05) is 43.3 Å². The number of hydrogen-bond donors (Lipinski definition) is 2. The highest BCUT2D eigenvalue weighted by Gasteiger charge is 2.35. The molecular formula is C25H23NO2. The average Bonchev–Trinajstić information content (AvgIpc) is 2.71. The molecule has 0 fully saturated rings. The van der Waals surface area contributed by atoms with Crippen LogP contribution in [-0.2, 0) is 12.8 Å². The third-order valence-corrected chi connectivity index (χ3v) is 6.14. The summed E-state index contributed by atoms with van der Waals surface area (Å²) in [4.78, 5) is 0. The predicted molar refractivity (Wildman–Crippen MR) is 109 cm³/mol. The number of phenols is 2. The number of hydrogen-bond acceptors (Lipinski definition) is 3. The molecule has 3 aromatic carbocycles. The van der Waals surface area contributed by atoms with Gasteiger partial charge < -0.3 is 10.2 Å². The summed E-state index contributed by atoms with van der Waals surface area (Å²) in [7, 11) is 0. The monoisotopic (exact) mass is 369 g/mol. The molecule has 0 saturated heterocycles. The van der Waals surface area contributed by atoms with E-state index in [1.165, 1.54) is 16.7 Å². The van der Waals surface area contributed by atoms with E-state index in [1.807, 2.05) is 48.5 Å². The third kappa shape index (κ3) is 3.34. The molecule has 2 N–H and O–H groups in total. The first kappa shape index (κ1) is 18.1. The fraction of sp³-hybridized carbons (Fsp3) is 0.240. The molecule has 4 rings (SSSR count). The van der Waals surface area contributed by atoms with E-state index in [-0.39, 0.29) is 17.4 Å². The van der Waals surface area contributed by atoms with Crippen LogP contribution in [0.15, 0.2) is 66.7 Å². The van der Waals surface area contributed by atoms with Crippen molar-refractivity contribution in [2.45, 2.75) is 31.6 Å². The molecular weight excluding hydrogens is 346 g/mol. The number of phenolic OH excluding ortho intramolecular Hbond substituents is 2. The minimum atomic E-state index is 0.198. The van der Waals surface area contributed by atoms with Gasteiger partial charge in [-0.2, -0.15) is 5.26 Å². The molecule has 0 saturated carbocycles. The summed E-state index contributed by atoms with van der Waals surface area (Å²) in [5.74, 6) is 1.40. The van der Waals surface area contributed by atoms with Crippen LogP contribution in [0.1, 0.15) is 46.6 Å². The minimum absolute atomic E-state index is 0.198. The molecule has 0 bridgehead atoms. The summed E-state index contributed by atoms with van der Waals surface area (Å²) < 4.78 is 0. The number of nitriles is 1. The lowest BCUT2D eigenvalue weighted by Gasteiger charge is -2.38. The van der Waals surface area contributed by atoms with Gasteiger partial charge in [0.15, 0.2) is 0 Å². The summed E-state index contributed by atoms with van der Waals surface area (Å²) >= 11 is 0. The van der Waals surface area contributed by atoms with E-state index < -0.39 is 0 Å². The summed E-state index contributed by atoms with van der Waals surface area (Å²) in [6, 6.07) is 23.2. The van der Waals surface area contributed by atoms with Crippen LogP contribution in [0.4, 0.5) is 0 Å². The van der Waals surface area contributed by atoms with Crippen LogP contribution >= 0.6 is 0 Å². The lowest BCUT2D eigenvalue weighted by Crippen LogP contribution is -2.28. The van der Waals surface area contributed by atoms with Crippen molar-refractivity contribution in [1.29, 1.82) is 5.26 Å². The number of benzene rings is 3. The van der Waals surface area contributed by atoms with Crippen molar-refractivity contribution in [3.05, 3.63) is 94.5 Å². The largest absolute Gasteiger partial charge is 0.508 e. The maximum absolute atomic E-state index is 10.1. The second-order valence-corrected chi connectivity index (χ2v) is 7.72. The maximum Gasteiger partial charge on any atom is 0.115 e. The quantitative estimate of drug-likeness (QED) is 0.661. The van der Waals surface area contributed by atoms with Crippen molar-refractivity contribution in [3.63, 3.8) is 0 Å². The molecule has 0 aromatic heterocycles. The summed E-state index contributed by atoms with van der Waals surface area (Å²) in [6.07, 6.45) is 1.66. The van der Waals surface area contributed by atoms with Gasteiger partial charge in [-0.25, -0.2) is 0 Å². The molecule has 0 spiro atoms. The molecule has 3 atom stereocenters. The average molecular weight is 369 g/mol. The molecule has 0 heterocycles. The minimum Gasteiger partial charge on any atom is -0.508 e. The van der Waals surface area contributed by atoms with Crippen LogP contribution < -0.4 is 0 Å². The first-order valence-electron chi connectivity index (χ1n) is 9.65. The number of fused-ring (bicyclic) bond motifs is 1. The van der Waals surface area contributed by atoms with Gasteiger partial charge in [0.1, 0.15) is 11.5 Å². The summed E-state index contributed by atoms with van der Waals surface area (Å²) in [5.41, 5.74) is 5.39. The van der Waals surface area contributed by atoms with Crippen molar-refractivity contribution in [2.24, 2.45) is 5.92 Å². The molecule has 3 aromatic rings. The normalized spacial score (nSPS) is 20.9. The zero-order chi connectivity index (χ0) is 19.7. The Morgan fingerprint density at radius 3 is 2.43 bits per heavy atom. The van der Waals surface area contributed by atoms with Gasteiger partial charge in [0.25, 0.3) is 0 Å². The Morgan fingerprint density at radius 2 is 1.68 bits per heavy atom. The van der Waals surface area contributed by atoms with Crippen molar-refractivity contribution >= 4 is 0 Å². The van der Waals surface area contributed by atoms with Crippen LogP contribution in [0.25, 0.3) is 0 Å². The molecule has 0 amide bonds. The van der Waals surface area contributed by atoms with Gasteiger partial charge >= 0.3 is 0 Å². The first-order chi connectivity index (χ1) is 13.6. The number of rotatable bonds is 3. The highest BCUT2D eigenvalue weighted by atomic mass is 16.3. The fourth-order valence-corrected chi connectivity index (χ4v) is 4.58. The summed E-state index contributed by atoms with van der Waals surface area (Å²) in [6.45, 7) is 2.25. The van der Waals surface area contributed by atoms with Crippen molar-refractivity contribution in [2.75, 3.05) is 0 Å². The smallest absolute Gasteiger partial charge is 0.115 e. The Balaban J connectivity index is 1.77. The van der Waals surface area contributed by atoms with Gasteiger partial charge in [0.05, 0.1) is 11.6 Å². The maximum atomic E-state index is 10.1. The number of aromatic hydroxyl groups is 2. The van der Waals surface area contributed by atoms with Gasteiger partial charge in [-0.15, -0.1) is 0 Å². The Kier molecular flexibility index (Phi) is 4.79. The van der Waals surface area contributed by atoms with Gasteiger partial charge in [0, 0.05) is 0 Å². The van der Waals surface area contributed by atoms with Crippen molar-refractivity contribution in [3.8, 4) is 17.6 Å². The van der Waals surface area contributed by atoms with Crippen LogP contribution in [-0.4, -0.2) is 10.2 Å². The van der Waals surface area contributed by atoms with Crippen LogP contribution in [0, 0.1) is 17.2 Å². The van der Waals surface area contributed by atoms with Gasteiger partial charge in [-0.3, -0.25) is 0 Å². The zero-order valence-corrected chi connectivity index (χ0v) is 15.8. The molecule has 0 aliphatic heterocycles. The lowest BCUT2D eigenvalue weighted by molar-refractivity contribution is 0.347. The standard InChI is InChI=1S/C25H23NO2/c1-16-23(17-6-9-21(27)10-7-17)13-19-8-11-22(28)14-25(19)24(16)12-18-4-2-3-5-20(18)15-26/h2-11,14,16,23-24,27-28H,12-13H2,1H3/t16-,23+,24+/m1/s1. The zero-order valence-electron chi connectivity index (χ0n) is 15.8. The molecule has 0 radical (unpaired) electrons. The van der Waals surface area contributed by atoms with Crippen LogP contribution in [0.2, 0.25) is 0 Å². The van der Waals surface area contributed by atoms with E-state index in [9.17, 15) is 15.5 Å². The Hall–Kier alpha value is -3.25. The molecule has 28 heavy (non-hydrogen) atoms. The molecule has 1 aliphatic rings. The van der Waals surface area contributed by atoms with E-state index in [0.717, 1.165) is 18.4 Å². The van der Waals surface area contributed by atoms with E-state index in [2.05, 4.69) is 13.0 Å². The van der Waals surface area contributed by atoms with E-state index >= 15 is 0 Å².